The van der Waals surface area contributed by atoms with E-state index in [9.17, 15) is 0 Å². The van der Waals surface area contributed by atoms with Gasteiger partial charge in [0.05, 0.1) is 6.07 Å². The van der Waals surface area contributed by atoms with Crippen LogP contribution in [-0.2, 0) is 0 Å². The second-order valence-electron chi connectivity index (χ2n) is 3.90. The largest absolute Gasteiger partial charge is 0.193 e. The second-order valence-corrected chi connectivity index (χ2v) is 3.90. The van der Waals surface area contributed by atoms with Gasteiger partial charge in [0.15, 0.2) is 0 Å². The Morgan fingerprint density at radius 2 is 2.18 bits per heavy atom. The zero-order chi connectivity index (χ0) is 7.73. The van der Waals surface area contributed by atoms with E-state index in [0.717, 1.165) is 12.0 Å². The summed E-state index contributed by atoms with van der Waals surface area (Å²) < 4.78 is 0. The first kappa shape index (κ1) is 6.91. The average Bonchev–Trinajstić information content (AvgIpc) is 2.02. The van der Waals surface area contributed by atoms with Gasteiger partial charge in [-0.2, -0.15) is 5.26 Å². The summed E-state index contributed by atoms with van der Waals surface area (Å²) in [6.07, 6.45) is 9.86. The lowest BCUT2D eigenvalue weighted by atomic mass is 9.62. The highest BCUT2D eigenvalue weighted by molar-refractivity contribution is 5.24. The molecule has 0 unspecified atom stereocenters. The minimum absolute atomic E-state index is 0.653. The molecule has 1 saturated carbocycles. The molecule has 0 radical (unpaired) electrons. The smallest absolute Gasteiger partial charge is 0.0943 e. The van der Waals surface area contributed by atoms with Gasteiger partial charge in [-0.25, -0.2) is 0 Å². The van der Waals surface area contributed by atoms with Crippen LogP contribution < -0.4 is 0 Å². The average molecular weight is 147 g/mol. The molecule has 0 bridgehead atoms. The molecule has 0 aliphatic heterocycles. The van der Waals surface area contributed by atoms with Gasteiger partial charge < -0.3 is 0 Å². The molecule has 2 rings (SSSR count). The Bertz CT molecular complexity index is 228. The van der Waals surface area contributed by atoms with Crippen molar-refractivity contribution in [2.45, 2.75) is 38.5 Å². The molecule has 0 aromatic carbocycles. The Morgan fingerprint density at radius 1 is 1.36 bits per heavy atom. The Kier molecular flexibility index (Phi) is 1.49. The maximum atomic E-state index is 8.63. The maximum Gasteiger partial charge on any atom is 0.0943 e. The first-order valence-electron chi connectivity index (χ1n) is 4.44. The van der Waals surface area contributed by atoms with E-state index in [0.29, 0.717) is 5.41 Å². The fraction of sp³-hybridized carbons (Fsp3) is 0.700. The number of nitrogens with zero attached hydrogens (tertiary/aromatic N) is 1. The third-order valence-corrected chi connectivity index (χ3v) is 3.26. The molecule has 11 heavy (non-hydrogen) atoms. The Labute approximate surface area is 67.7 Å². The van der Waals surface area contributed by atoms with Gasteiger partial charge in [0.25, 0.3) is 0 Å². The van der Waals surface area contributed by atoms with Crippen molar-refractivity contribution >= 4 is 0 Å². The monoisotopic (exact) mass is 147 g/mol. The second kappa shape index (κ2) is 2.37. The predicted octanol–water partition coefficient (Wildman–Crippen LogP) is 2.79. The third-order valence-electron chi connectivity index (χ3n) is 3.26. The van der Waals surface area contributed by atoms with Gasteiger partial charge >= 0.3 is 0 Å². The number of allylic oxidation sites excluding steroid dienone is 2. The van der Waals surface area contributed by atoms with Crippen LogP contribution in [0, 0.1) is 16.7 Å². The molecule has 2 aliphatic rings. The highest BCUT2D eigenvalue weighted by atomic mass is 14.4. The summed E-state index contributed by atoms with van der Waals surface area (Å²) in [7, 11) is 0. The minimum atomic E-state index is 0.653. The fourth-order valence-electron chi connectivity index (χ4n) is 2.18. The Hall–Kier alpha value is -0.770. The SMILES string of the molecule is N#CC1=CCC2(CCC2)CC1. The van der Waals surface area contributed by atoms with Gasteiger partial charge in [-0.15, -0.1) is 0 Å². The van der Waals surface area contributed by atoms with Crippen molar-refractivity contribution in [1.29, 1.82) is 5.26 Å². The van der Waals surface area contributed by atoms with Crippen LogP contribution in [0.3, 0.4) is 0 Å². The van der Waals surface area contributed by atoms with E-state index in [4.69, 9.17) is 5.26 Å². The number of rotatable bonds is 0. The van der Waals surface area contributed by atoms with Crippen molar-refractivity contribution in [2.75, 3.05) is 0 Å². The van der Waals surface area contributed by atoms with E-state index < -0.39 is 0 Å². The summed E-state index contributed by atoms with van der Waals surface area (Å²) in [5, 5.41) is 8.63. The minimum Gasteiger partial charge on any atom is -0.193 e. The normalized spacial score (nSPS) is 27.0. The van der Waals surface area contributed by atoms with Gasteiger partial charge in [0, 0.05) is 5.57 Å². The molecule has 0 aromatic rings. The predicted molar refractivity (Wildman–Crippen MR) is 43.8 cm³/mol. The molecular weight excluding hydrogens is 134 g/mol. The lowest BCUT2D eigenvalue weighted by Gasteiger charge is -2.43. The highest BCUT2D eigenvalue weighted by Crippen LogP contribution is 2.50. The van der Waals surface area contributed by atoms with E-state index in [1.807, 2.05) is 0 Å². The van der Waals surface area contributed by atoms with E-state index in [1.165, 1.54) is 32.1 Å². The van der Waals surface area contributed by atoms with Crippen molar-refractivity contribution in [3.63, 3.8) is 0 Å². The molecule has 0 saturated heterocycles. The molecule has 58 valence electrons. The van der Waals surface area contributed by atoms with Crippen LogP contribution in [0.4, 0.5) is 0 Å². The molecule has 0 N–H and O–H groups in total. The summed E-state index contributed by atoms with van der Waals surface area (Å²) in [6, 6.07) is 2.25. The maximum absolute atomic E-state index is 8.63. The summed E-state index contributed by atoms with van der Waals surface area (Å²) in [4.78, 5) is 0. The lowest BCUT2D eigenvalue weighted by Crippen LogP contribution is -2.30. The number of nitriles is 1. The van der Waals surface area contributed by atoms with Crippen LogP contribution in [0.2, 0.25) is 0 Å². The fourth-order valence-corrected chi connectivity index (χ4v) is 2.18. The Balaban J connectivity index is 2.05. The van der Waals surface area contributed by atoms with Gasteiger partial charge in [-0.1, -0.05) is 12.5 Å². The zero-order valence-electron chi connectivity index (χ0n) is 6.77. The van der Waals surface area contributed by atoms with Crippen molar-refractivity contribution < 1.29 is 0 Å². The van der Waals surface area contributed by atoms with E-state index >= 15 is 0 Å². The number of hydrogen-bond acceptors (Lipinski definition) is 1. The lowest BCUT2D eigenvalue weighted by molar-refractivity contribution is 0.117. The van der Waals surface area contributed by atoms with E-state index in [-0.39, 0.29) is 0 Å². The van der Waals surface area contributed by atoms with Crippen LogP contribution in [0.5, 0.6) is 0 Å². The molecule has 1 fully saturated rings. The molecule has 0 atom stereocenters. The highest BCUT2D eigenvalue weighted by Gasteiger charge is 2.37. The van der Waals surface area contributed by atoms with Crippen LogP contribution in [0.1, 0.15) is 38.5 Å². The molecular formula is C10H13N. The van der Waals surface area contributed by atoms with Crippen molar-refractivity contribution in [3.05, 3.63) is 11.6 Å². The van der Waals surface area contributed by atoms with Crippen molar-refractivity contribution in [3.8, 4) is 6.07 Å². The molecule has 2 aliphatic carbocycles. The van der Waals surface area contributed by atoms with E-state index in [1.54, 1.807) is 0 Å². The summed E-state index contributed by atoms with van der Waals surface area (Å²) in [6.45, 7) is 0. The van der Waals surface area contributed by atoms with Crippen molar-refractivity contribution in [2.24, 2.45) is 5.41 Å². The first-order valence-corrected chi connectivity index (χ1v) is 4.44. The number of hydrogen-bond donors (Lipinski definition) is 0. The Morgan fingerprint density at radius 3 is 2.55 bits per heavy atom. The van der Waals surface area contributed by atoms with Crippen LogP contribution >= 0.6 is 0 Å². The van der Waals surface area contributed by atoms with Gasteiger partial charge in [-0.05, 0) is 37.5 Å². The van der Waals surface area contributed by atoms with Gasteiger partial charge in [-0.3, -0.25) is 0 Å². The third kappa shape index (κ3) is 1.07. The van der Waals surface area contributed by atoms with Crippen LogP contribution in [0.25, 0.3) is 0 Å². The molecule has 0 heterocycles. The van der Waals surface area contributed by atoms with E-state index in [2.05, 4.69) is 12.1 Å². The summed E-state index contributed by atoms with van der Waals surface area (Å²) in [5.41, 5.74) is 1.67. The first-order chi connectivity index (χ1) is 5.35. The van der Waals surface area contributed by atoms with Crippen LogP contribution in [0.15, 0.2) is 11.6 Å². The van der Waals surface area contributed by atoms with Crippen LogP contribution in [-0.4, -0.2) is 0 Å². The molecule has 1 spiro atoms. The summed E-state index contributed by atoms with van der Waals surface area (Å²) >= 11 is 0. The standard InChI is InChI=1S/C10H13N/c11-8-9-2-6-10(7-3-9)4-1-5-10/h2H,1,3-7H2. The molecule has 0 aromatic heterocycles. The molecule has 0 amide bonds. The molecule has 1 nitrogen and oxygen atoms in total. The van der Waals surface area contributed by atoms with Crippen molar-refractivity contribution in [1.82, 2.24) is 0 Å². The summed E-state index contributed by atoms with van der Waals surface area (Å²) in [5.74, 6) is 0. The zero-order valence-corrected chi connectivity index (χ0v) is 6.77. The van der Waals surface area contributed by atoms with Gasteiger partial charge in [0.1, 0.15) is 0 Å². The quantitative estimate of drug-likeness (QED) is 0.517. The molecule has 1 heteroatoms. The van der Waals surface area contributed by atoms with Gasteiger partial charge in [0.2, 0.25) is 0 Å². The topological polar surface area (TPSA) is 23.8 Å².